The van der Waals surface area contributed by atoms with E-state index in [0.717, 1.165) is 44.6 Å². The lowest BCUT2D eigenvalue weighted by Gasteiger charge is -2.52. The minimum Gasteiger partial charge on any atom is -0.497 e. The van der Waals surface area contributed by atoms with Crippen LogP contribution in [-0.4, -0.2) is 59.9 Å². The van der Waals surface area contributed by atoms with Crippen LogP contribution in [0.25, 0.3) is 0 Å². The zero-order valence-corrected chi connectivity index (χ0v) is 21.7. The molecule has 34 heavy (non-hydrogen) atoms. The number of likely N-dealkylation sites (tertiary alicyclic amines) is 1. The highest BCUT2D eigenvalue weighted by molar-refractivity contribution is 6.00. The summed E-state index contributed by atoms with van der Waals surface area (Å²) in [5, 5.41) is 3.20. The maximum Gasteiger partial charge on any atom is 0.246 e. The van der Waals surface area contributed by atoms with Crippen molar-refractivity contribution >= 4 is 24.2 Å². The molecule has 0 aromatic heterocycles. The van der Waals surface area contributed by atoms with Crippen molar-refractivity contribution in [2.24, 2.45) is 5.92 Å². The van der Waals surface area contributed by atoms with Crippen LogP contribution < -0.4 is 10.1 Å². The molecular formula is C27H42ClN3O3. The second-order valence-electron chi connectivity index (χ2n) is 10.3. The third-order valence-electron chi connectivity index (χ3n) is 8.09. The summed E-state index contributed by atoms with van der Waals surface area (Å²) < 4.78 is 5.26. The van der Waals surface area contributed by atoms with Gasteiger partial charge in [-0.3, -0.25) is 14.5 Å². The van der Waals surface area contributed by atoms with Gasteiger partial charge < -0.3 is 15.0 Å². The van der Waals surface area contributed by atoms with Gasteiger partial charge in [-0.15, -0.1) is 12.4 Å². The zero-order chi connectivity index (χ0) is 23.3. The second kappa shape index (κ2) is 12.3. The van der Waals surface area contributed by atoms with E-state index in [9.17, 15) is 9.59 Å². The predicted molar refractivity (Wildman–Crippen MR) is 137 cm³/mol. The molecule has 0 bridgehead atoms. The summed E-state index contributed by atoms with van der Waals surface area (Å²) in [7, 11) is 1.68. The molecule has 2 aliphatic heterocycles. The lowest BCUT2D eigenvalue weighted by atomic mass is 9.79. The quantitative estimate of drug-likeness (QED) is 0.579. The van der Waals surface area contributed by atoms with Gasteiger partial charge in [-0.05, 0) is 49.3 Å². The van der Waals surface area contributed by atoms with E-state index >= 15 is 0 Å². The van der Waals surface area contributed by atoms with Gasteiger partial charge in [0.05, 0.1) is 7.11 Å². The van der Waals surface area contributed by atoms with Crippen molar-refractivity contribution in [2.75, 3.05) is 26.7 Å². The monoisotopic (exact) mass is 491 g/mol. The van der Waals surface area contributed by atoms with Gasteiger partial charge in [0.25, 0.3) is 0 Å². The first-order valence-electron chi connectivity index (χ1n) is 13.0. The fourth-order valence-corrected chi connectivity index (χ4v) is 6.00. The van der Waals surface area contributed by atoms with Crippen LogP contribution in [0.2, 0.25) is 0 Å². The van der Waals surface area contributed by atoms with Gasteiger partial charge >= 0.3 is 0 Å². The molecule has 1 unspecified atom stereocenters. The number of methoxy groups -OCH3 is 1. The largest absolute Gasteiger partial charge is 0.497 e. The van der Waals surface area contributed by atoms with E-state index in [2.05, 4.69) is 29.3 Å². The molecule has 1 aromatic rings. The Balaban J connectivity index is 0.00000324. The fraction of sp³-hybridized carbons (Fsp3) is 0.704. The topological polar surface area (TPSA) is 61.9 Å². The number of benzene rings is 1. The Kier molecular flexibility index (Phi) is 9.66. The van der Waals surface area contributed by atoms with Crippen molar-refractivity contribution in [3.63, 3.8) is 0 Å². The number of ether oxygens (including phenoxy) is 1. The Morgan fingerprint density at radius 3 is 2.35 bits per heavy atom. The van der Waals surface area contributed by atoms with Gasteiger partial charge in [0.2, 0.25) is 11.8 Å². The lowest BCUT2D eigenvalue weighted by Crippen LogP contribution is -2.73. The number of hydrogen-bond donors (Lipinski definition) is 1. The van der Waals surface area contributed by atoms with Crippen molar-refractivity contribution in [1.82, 2.24) is 15.1 Å². The molecule has 3 aliphatic rings. The molecule has 1 aromatic carbocycles. The normalized spacial score (nSPS) is 23.5. The Bertz CT molecular complexity index is 802. The highest BCUT2D eigenvalue weighted by atomic mass is 35.5. The molecule has 1 spiro atoms. The molecule has 2 heterocycles. The maximum absolute atomic E-state index is 13.6. The molecule has 6 nitrogen and oxygen atoms in total. The first-order chi connectivity index (χ1) is 16.1. The number of rotatable bonds is 8. The lowest BCUT2D eigenvalue weighted by molar-refractivity contribution is -0.162. The smallest absolute Gasteiger partial charge is 0.246 e. The van der Waals surface area contributed by atoms with Crippen LogP contribution in [0, 0.1) is 5.92 Å². The van der Waals surface area contributed by atoms with Gasteiger partial charge in [-0.25, -0.2) is 0 Å². The highest BCUT2D eigenvalue weighted by Gasteiger charge is 2.53. The third-order valence-corrected chi connectivity index (χ3v) is 8.09. The Morgan fingerprint density at radius 1 is 1.06 bits per heavy atom. The Hall–Kier alpha value is -1.79. The molecule has 0 radical (unpaired) electrons. The summed E-state index contributed by atoms with van der Waals surface area (Å²) >= 11 is 0. The Labute approximate surface area is 211 Å². The number of piperazine rings is 1. The molecule has 7 heteroatoms. The van der Waals surface area contributed by atoms with Gasteiger partial charge in [0.15, 0.2) is 0 Å². The van der Waals surface area contributed by atoms with Crippen molar-refractivity contribution in [1.29, 1.82) is 0 Å². The zero-order valence-electron chi connectivity index (χ0n) is 20.9. The number of carbonyl (C=O) groups is 2. The molecule has 2 saturated heterocycles. The van der Waals surface area contributed by atoms with Gasteiger partial charge in [-0.1, -0.05) is 57.6 Å². The molecular weight excluding hydrogens is 450 g/mol. The number of halogens is 1. The van der Waals surface area contributed by atoms with Crippen molar-refractivity contribution in [2.45, 2.75) is 89.3 Å². The molecule has 4 rings (SSSR count). The van der Waals surface area contributed by atoms with Crippen molar-refractivity contribution in [3.05, 3.63) is 29.8 Å². The van der Waals surface area contributed by atoms with Crippen LogP contribution >= 0.6 is 12.4 Å². The number of carbonyl (C=O) groups excluding carboxylic acids is 2. The summed E-state index contributed by atoms with van der Waals surface area (Å²) in [6.07, 6.45) is 10.4. The summed E-state index contributed by atoms with van der Waals surface area (Å²) in [6.45, 7) is 5.35. The number of unbranched alkanes of at least 4 members (excludes halogenated alkanes) is 1. The highest BCUT2D eigenvalue weighted by Crippen LogP contribution is 2.36. The van der Waals surface area contributed by atoms with E-state index in [1.54, 1.807) is 7.11 Å². The summed E-state index contributed by atoms with van der Waals surface area (Å²) in [6, 6.07) is 7.85. The number of nitrogens with one attached hydrogen (secondary N) is 1. The fourth-order valence-electron chi connectivity index (χ4n) is 6.00. The van der Waals surface area contributed by atoms with Gasteiger partial charge in [-0.2, -0.15) is 0 Å². The summed E-state index contributed by atoms with van der Waals surface area (Å²) in [4.78, 5) is 31.6. The molecule has 1 saturated carbocycles. The average molecular weight is 492 g/mol. The van der Waals surface area contributed by atoms with Crippen molar-refractivity contribution in [3.8, 4) is 5.75 Å². The van der Waals surface area contributed by atoms with Crippen LogP contribution in [0.1, 0.15) is 76.7 Å². The van der Waals surface area contributed by atoms with Crippen LogP contribution in [0.4, 0.5) is 0 Å². The predicted octanol–water partition coefficient (Wildman–Crippen LogP) is 4.55. The number of piperidine rings is 1. The first kappa shape index (κ1) is 26.8. The minimum atomic E-state index is -0.675. The molecule has 1 atom stereocenters. The van der Waals surface area contributed by atoms with E-state index in [1.807, 2.05) is 17.0 Å². The van der Waals surface area contributed by atoms with Crippen LogP contribution in [-0.2, 0) is 16.1 Å². The van der Waals surface area contributed by atoms with Crippen LogP contribution in [0.3, 0.4) is 0 Å². The third kappa shape index (κ3) is 5.88. The standard InChI is InChI=1S/C27H41N3O3.ClH/c1-3-4-16-30-25(31)24(19-21-8-6-5-7-9-21)28-26(32)27(30)14-17-29(18-15-27)20-22-10-12-23(33-2)13-11-22;/h10-13,21,24H,3-9,14-20H2,1-2H3,(H,28,32);1H. The van der Waals surface area contributed by atoms with E-state index in [0.29, 0.717) is 25.3 Å². The summed E-state index contributed by atoms with van der Waals surface area (Å²) in [5.74, 6) is 1.69. The van der Waals surface area contributed by atoms with E-state index in [-0.39, 0.29) is 30.3 Å². The van der Waals surface area contributed by atoms with E-state index in [4.69, 9.17) is 4.74 Å². The van der Waals surface area contributed by atoms with Gasteiger partial charge in [0, 0.05) is 26.2 Å². The number of amides is 2. The second-order valence-corrected chi connectivity index (χ2v) is 10.3. The van der Waals surface area contributed by atoms with Crippen LogP contribution in [0.5, 0.6) is 5.75 Å². The Morgan fingerprint density at radius 2 is 1.74 bits per heavy atom. The van der Waals surface area contributed by atoms with E-state index < -0.39 is 5.54 Å². The minimum absolute atomic E-state index is 0. The first-order valence-corrected chi connectivity index (χ1v) is 13.0. The van der Waals surface area contributed by atoms with Crippen molar-refractivity contribution < 1.29 is 14.3 Å². The van der Waals surface area contributed by atoms with Crippen LogP contribution in [0.15, 0.2) is 24.3 Å². The molecule has 3 fully saturated rings. The number of nitrogens with zero attached hydrogens (tertiary/aromatic N) is 2. The molecule has 1 N–H and O–H groups in total. The number of hydrogen-bond acceptors (Lipinski definition) is 4. The van der Waals surface area contributed by atoms with E-state index in [1.165, 1.54) is 37.7 Å². The molecule has 190 valence electrons. The maximum atomic E-state index is 13.6. The average Bonchev–Trinajstić information content (AvgIpc) is 2.85. The van der Waals surface area contributed by atoms with Gasteiger partial charge in [0.1, 0.15) is 17.3 Å². The molecule has 2 amide bonds. The SMILES string of the molecule is CCCCN1C(=O)C(CC2CCCCC2)NC(=O)C12CCN(Cc1ccc(OC)cc1)CC2.Cl. The molecule has 1 aliphatic carbocycles. The summed E-state index contributed by atoms with van der Waals surface area (Å²) in [5.41, 5.74) is 0.567.